The Morgan fingerprint density at radius 1 is 1.19 bits per heavy atom. The highest BCUT2D eigenvalue weighted by Gasteiger charge is 2.49. The van der Waals surface area contributed by atoms with Gasteiger partial charge >= 0.3 is 18.1 Å². The van der Waals surface area contributed by atoms with Crippen LogP contribution < -0.4 is 0 Å². The standard InChI is InChI=1S/C23H24ClF3O5/c1-12-16(20(29)30)8-14(17-9-15(23(25,26)27)6-7-18(17)24)11-22(12,21(31)32)10-13-4-2-3-5-19(13)28/h6-9,11-13,19,28H,2-5,10H2,1H3,(H,29,30)(H,31,32). The summed E-state index contributed by atoms with van der Waals surface area (Å²) in [5, 5.41) is 30.3. The van der Waals surface area contributed by atoms with Crippen molar-refractivity contribution in [3.63, 3.8) is 0 Å². The monoisotopic (exact) mass is 472 g/mol. The van der Waals surface area contributed by atoms with Crippen LogP contribution in [-0.2, 0) is 15.8 Å². The van der Waals surface area contributed by atoms with Crippen molar-refractivity contribution in [1.82, 2.24) is 0 Å². The van der Waals surface area contributed by atoms with Crippen molar-refractivity contribution >= 4 is 29.1 Å². The molecule has 0 aliphatic heterocycles. The second-order valence-electron chi connectivity index (χ2n) is 8.58. The van der Waals surface area contributed by atoms with Gasteiger partial charge in [-0.2, -0.15) is 13.2 Å². The largest absolute Gasteiger partial charge is 0.481 e. The summed E-state index contributed by atoms with van der Waals surface area (Å²) in [7, 11) is 0. The van der Waals surface area contributed by atoms with Crippen LogP contribution in [0.2, 0.25) is 5.02 Å². The van der Waals surface area contributed by atoms with E-state index in [1.807, 2.05) is 0 Å². The van der Waals surface area contributed by atoms with E-state index in [-0.39, 0.29) is 34.1 Å². The molecule has 3 rings (SSSR count). The molecule has 4 unspecified atom stereocenters. The molecule has 1 fully saturated rings. The van der Waals surface area contributed by atoms with E-state index in [1.165, 1.54) is 19.1 Å². The number of carboxylic acids is 2. The van der Waals surface area contributed by atoms with Gasteiger partial charge < -0.3 is 15.3 Å². The van der Waals surface area contributed by atoms with Crippen molar-refractivity contribution in [1.29, 1.82) is 0 Å². The summed E-state index contributed by atoms with van der Waals surface area (Å²) in [5.74, 6) is -4.00. The van der Waals surface area contributed by atoms with Crippen LogP contribution >= 0.6 is 11.6 Å². The van der Waals surface area contributed by atoms with E-state index >= 15 is 0 Å². The molecule has 0 heterocycles. The summed E-state index contributed by atoms with van der Waals surface area (Å²) in [6.07, 6.45) is -0.179. The molecule has 0 bridgehead atoms. The van der Waals surface area contributed by atoms with Crippen molar-refractivity contribution in [2.75, 3.05) is 0 Å². The number of carbonyl (C=O) groups is 2. The van der Waals surface area contributed by atoms with Crippen LogP contribution in [0.1, 0.15) is 50.2 Å². The molecule has 0 spiro atoms. The van der Waals surface area contributed by atoms with Crippen LogP contribution in [-0.4, -0.2) is 33.4 Å². The van der Waals surface area contributed by atoms with E-state index in [1.54, 1.807) is 0 Å². The summed E-state index contributed by atoms with van der Waals surface area (Å²) in [6, 6.07) is 2.66. The minimum atomic E-state index is -4.66. The minimum absolute atomic E-state index is 0.00398. The summed E-state index contributed by atoms with van der Waals surface area (Å²) < 4.78 is 39.8. The van der Waals surface area contributed by atoms with E-state index < -0.39 is 41.1 Å². The number of benzene rings is 1. The van der Waals surface area contributed by atoms with E-state index in [9.17, 15) is 38.1 Å². The fourth-order valence-corrected chi connectivity index (χ4v) is 5.00. The fraction of sp³-hybridized carbons (Fsp3) is 0.478. The molecule has 32 heavy (non-hydrogen) atoms. The predicted molar refractivity (Wildman–Crippen MR) is 112 cm³/mol. The Hall–Kier alpha value is -2.32. The molecule has 1 aromatic rings. The molecule has 0 aromatic heterocycles. The fourth-order valence-electron chi connectivity index (χ4n) is 4.77. The van der Waals surface area contributed by atoms with Gasteiger partial charge in [0.15, 0.2) is 0 Å². The highest BCUT2D eigenvalue weighted by molar-refractivity contribution is 6.32. The lowest BCUT2D eigenvalue weighted by Gasteiger charge is -2.41. The van der Waals surface area contributed by atoms with Gasteiger partial charge in [0.05, 0.1) is 17.1 Å². The van der Waals surface area contributed by atoms with E-state index in [2.05, 4.69) is 0 Å². The number of allylic oxidation sites excluding steroid dienone is 2. The Morgan fingerprint density at radius 3 is 2.41 bits per heavy atom. The first-order chi connectivity index (χ1) is 14.9. The molecule has 2 aliphatic rings. The van der Waals surface area contributed by atoms with Gasteiger partial charge in [-0.15, -0.1) is 0 Å². The summed E-state index contributed by atoms with van der Waals surface area (Å²) in [4.78, 5) is 24.5. The number of rotatable bonds is 5. The van der Waals surface area contributed by atoms with Crippen LogP contribution in [0, 0.1) is 17.3 Å². The molecular formula is C23H24ClF3O5. The smallest absolute Gasteiger partial charge is 0.416 e. The van der Waals surface area contributed by atoms with Crippen molar-refractivity contribution in [3.05, 3.63) is 52.1 Å². The van der Waals surface area contributed by atoms with Crippen molar-refractivity contribution in [2.24, 2.45) is 17.3 Å². The molecule has 1 aromatic carbocycles. The summed E-state index contributed by atoms with van der Waals surface area (Å²) >= 11 is 6.16. The molecule has 2 aliphatic carbocycles. The minimum Gasteiger partial charge on any atom is -0.481 e. The molecule has 0 saturated heterocycles. The van der Waals surface area contributed by atoms with Gasteiger partial charge in [0.1, 0.15) is 0 Å². The Bertz CT molecular complexity index is 984. The first kappa shape index (κ1) is 24.3. The van der Waals surface area contributed by atoms with Crippen LogP contribution in [0.15, 0.2) is 35.9 Å². The lowest BCUT2D eigenvalue weighted by Crippen LogP contribution is -2.43. The molecule has 3 N–H and O–H groups in total. The van der Waals surface area contributed by atoms with Gasteiger partial charge in [-0.3, -0.25) is 4.79 Å². The average molecular weight is 473 g/mol. The predicted octanol–water partition coefficient (Wildman–Crippen LogP) is 5.42. The average Bonchev–Trinajstić information content (AvgIpc) is 2.70. The first-order valence-corrected chi connectivity index (χ1v) is 10.7. The maximum atomic E-state index is 13.3. The van der Waals surface area contributed by atoms with Gasteiger partial charge in [0.25, 0.3) is 0 Å². The van der Waals surface area contributed by atoms with Crippen molar-refractivity contribution in [2.45, 2.75) is 51.3 Å². The number of hydrogen-bond acceptors (Lipinski definition) is 3. The second kappa shape index (κ2) is 8.90. The summed E-state index contributed by atoms with van der Waals surface area (Å²) in [6.45, 7) is 1.48. The molecule has 9 heteroatoms. The van der Waals surface area contributed by atoms with Crippen LogP contribution in [0.4, 0.5) is 13.2 Å². The zero-order valence-electron chi connectivity index (χ0n) is 17.3. The molecule has 0 radical (unpaired) electrons. The Labute approximate surface area is 188 Å². The molecule has 174 valence electrons. The normalized spacial score (nSPS) is 28.6. The van der Waals surface area contributed by atoms with E-state index in [0.717, 1.165) is 31.0 Å². The third-order valence-electron chi connectivity index (χ3n) is 6.68. The Morgan fingerprint density at radius 2 is 1.84 bits per heavy atom. The summed E-state index contributed by atoms with van der Waals surface area (Å²) in [5.41, 5.74) is -3.03. The van der Waals surface area contributed by atoms with Gasteiger partial charge in [-0.25, -0.2) is 4.79 Å². The molecule has 4 atom stereocenters. The number of aliphatic carboxylic acids is 2. The van der Waals surface area contributed by atoms with Crippen molar-refractivity contribution < 1.29 is 38.1 Å². The van der Waals surface area contributed by atoms with Crippen LogP contribution in [0.25, 0.3) is 5.57 Å². The number of halogens is 4. The second-order valence-corrected chi connectivity index (χ2v) is 8.99. The number of aliphatic hydroxyl groups excluding tert-OH is 1. The van der Waals surface area contributed by atoms with Crippen molar-refractivity contribution in [3.8, 4) is 0 Å². The highest BCUT2D eigenvalue weighted by Crippen LogP contribution is 2.49. The highest BCUT2D eigenvalue weighted by atomic mass is 35.5. The first-order valence-electron chi connectivity index (χ1n) is 10.3. The lowest BCUT2D eigenvalue weighted by atomic mass is 9.62. The van der Waals surface area contributed by atoms with Gasteiger partial charge in [-0.1, -0.05) is 37.4 Å². The zero-order valence-corrected chi connectivity index (χ0v) is 18.1. The number of aliphatic hydroxyl groups is 1. The lowest BCUT2D eigenvalue weighted by molar-refractivity contribution is -0.150. The maximum Gasteiger partial charge on any atom is 0.416 e. The van der Waals surface area contributed by atoms with Crippen LogP contribution in [0.3, 0.4) is 0 Å². The quantitative estimate of drug-likeness (QED) is 0.532. The third kappa shape index (κ3) is 4.57. The molecule has 5 nitrogen and oxygen atoms in total. The number of hydrogen-bond donors (Lipinski definition) is 3. The zero-order chi connectivity index (χ0) is 23.8. The van der Waals surface area contributed by atoms with Gasteiger partial charge in [0.2, 0.25) is 0 Å². The maximum absolute atomic E-state index is 13.3. The molecule has 1 saturated carbocycles. The Balaban J connectivity index is 2.19. The molecular weight excluding hydrogens is 449 g/mol. The number of carboxylic acid groups (broad SMARTS) is 2. The van der Waals surface area contributed by atoms with Gasteiger partial charge in [0, 0.05) is 22.1 Å². The van der Waals surface area contributed by atoms with E-state index in [4.69, 9.17) is 11.6 Å². The third-order valence-corrected chi connectivity index (χ3v) is 7.01. The van der Waals surface area contributed by atoms with Gasteiger partial charge in [-0.05, 0) is 55.0 Å². The number of alkyl halides is 3. The molecule has 0 amide bonds. The topological polar surface area (TPSA) is 94.8 Å². The SMILES string of the molecule is CC1C(C(=O)O)=CC(c2cc(C(F)(F)F)ccc2Cl)=CC1(CC1CCCCC1O)C(=O)O. The Kier molecular flexibility index (Phi) is 6.77. The van der Waals surface area contributed by atoms with Crippen LogP contribution in [0.5, 0.6) is 0 Å². The van der Waals surface area contributed by atoms with E-state index in [0.29, 0.717) is 12.8 Å².